The molecule has 1 aliphatic carbocycles. The molecule has 4 nitrogen and oxygen atoms in total. The van der Waals surface area contributed by atoms with Gasteiger partial charge in [0.15, 0.2) is 5.78 Å². The molecule has 0 amide bonds. The quantitative estimate of drug-likeness (QED) is 0.782. The summed E-state index contributed by atoms with van der Waals surface area (Å²) in [6.45, 7) is 0. The van der Waals surface area contributed by atoms with Crippen molar-refractivity contribution >= 4 is 38.6 Å². The van der Waals surface area contributed by atoms with Crippen LogP contribution in [-0.4, -0.2) is 19.9 Å². The van der Waals surface area contributed by atoms with Gasteiger partial charge in [-0.15, -0.1) is 0 Å². The summed E-state index contributed by atoms with van der Waals surface area (Å²) in [5, 5.41) is 0.420. The lowest BCUT2D eigenvalue weighted by Crippen LogP contribution is -2.17. The number of ketones is 1. The Balaban J connectivity index is 2.04. The van der Waals surface area contributed by atoms with Crippen LogP contribution in [0.4, 0.5) is 5.69 Å². The van der Waals surface area contributed by atoms with Crippen molar-refractivity contribution in [1.82, 2.24) is 0 Å². The second-order valence-corrected chi connectivity index (χ2v) is 7.39. The largest absolute Gasteiger partial charge is 0.288 e. The van der Waals surface area contributed by atoms with E-state index in [9.17, 15) is 13.2 Å². The van der Waals surface area contributed by atoms with Gasteiger partial charge >= 0.3 is 0 Å². The molecule has 24 heavy (non-hydrogen) atoms. The summed E-state index contributed by atoms with van der Waals surface area (Å²) in [5.74, 6) is -0.572. The number of rotatable bonds is 3. The van der Waals surface area contributed by atoms with Crippen LogP contribution in [0.2, 0.25) is 5.02 Å². The summed E-state index contributed by atoms with van der Waals surface area (Å²) in [5.41, 5.74) is 1.07. The van der Waals surface area contributed by atoms with E-state index in [1.807, 2.05) is 18.2 Å². The Kier molecular flexibility index (Phi) is 4.46. The standard InChI is InChI=1S/C18H12ClNO3S/c19-13-6-9-16(10-7-13)24(22,23)18-12-15(8-11-17(18)21)20-14-4-2-1-3-5-14/h1-12H. The fourth-order valence-electron chi connectivity index (χ4n) is 2.17. The topological polar surface area (TPSA) is 63.6 Å². The average Bonchev–Trinajstić information content (AvgIpc) is 2.58. The Morgan fingerprint density at radius 2 is 1.54 bits per heavy atom. The van der Waals surface area contributed by atoms with Crippen LogP contribution in [-0.2, 0) is 14.6 Å². The number of hydrogen-bond donors (Lipinski definition) is 0. The van der Waals surface area contributed by atoms with Gasteiger partial charge in [0.25, 0.3) is 0 Å². The number of carbonyl (C=O) groups is 1. The van der Waals surface area contributed by atoms with Crippen molar-refractivity contribution < 1.29 is 13.2 Å². The number of para-hydroxylation sites is 1. The SMILES string of the molecule is O=C1C=CC(=Nc2ccccc2)C=C1S(=O)(=O)c1ccc(Cl)cc1. The van der Waals surface area contributed by atoms with Crippen LogP contribution >= 0.6 is 11.6 Å². The average molecular weight is 358 g/mol. The fraction of sp³-hybridized carbons (Fsp3) is 0. The summed E-state index contributed by atoms with van der Waals surface area (Å²) in [7, 11) is -3.93. The first-order chi connectivity index (χ1) is 11.5. The molecule has 0 radical (unpaired) electrons. The Bertz CT molecular complexity index is 973. The van der Waals surface area contributed by atoms with Crippen LogP contribution in [0.1, 0.15) is 0 Å². The Morgan fingerprint density at radius 3 is 2.21 bits per heavy atom. The number of hydrogen-bond acceptors (Lipinski definition) is 4. The Morgan fingerprint density at radius 1 is 0.875 bits per heavy atom. The maximum atomic E-state index is 12.7. The number of allylic oxidation sites excluding steroid dienone is 4. The number of sulfone groups is 1. The minimum atomic E-state index is -3.93. The van der Waals surface area contributed by atoms with Crippen molar-refractivity contribution in [2.75, 3.05) is 0 Å². The molecule has 0 N–H and O–H groups in total. The van der Waals surface area contributed by atoms with Gasteiger partial charge in [0, 0.05) is 5.02 Å². The van der Waals surface area contributed by atoms with Gasteiger partial charge in [-0.1, -0.05) is 29.8 Å². The number of benzene rings is 2. The monoisotopic (exact) mass is 357 g/mol. The molecule has 1 aliphatic rings. The van der Waals surface area contributed by atoms with Gasteiger partial charge in [-0.2, -0.15) is 0 Å². The van der Waals surface area contributed by atoms with Crippen LogP contribution in [0, 0.1) is 0 Å². The highest BCUT2D eigenvalue weighted by molar-refractivity contribution is 7.96. The molecule has 0 aliphatic heterocycles. The zero-order chi connectivity index (χ0) is 17.2. The van der Waals surface area contributed by atoms with E-state index in [1.54, 1.807) is 12.1 Å². The van der Waals surface area contributed by atoms with E-state index >= 15 is 0 Å². The molecule has 3 rings (SSSR count). The highest BCUT2D eigenvalue weighted by atomic mass is 35.5. The molecule has 0 bridgehead atoms. The molecule has 120 valence electrons. The number of aliphatic imine (C=N–C) groups is 1. The second kappa shape index (κ2) is 6.55. The van der Waals surface area contributed by atoms with Gasteiger partial charge in [0.2, 0.25) is 9.84 Å². The first-order valence-corrected chi connectivity index (χ1v) is 8.91. The summed E-state index contributed by atoms with van der Waals surface area (Å²) in [6, 6.07) is 14.8. The molecule has 0 saturated heterocycles. The normalized spacial score (nSPS) is 16.3. The molecule has 0 spiro atoms. The zero-order valence-corrected chi connectivity index (χ0v) is 14.0. The molecule has 0 aromatic heterocycles. The van der Waals surface area contributed by atoms with Gasteiger partial charge in [-0.25, -0.2) is 13.4 Å². The predicted octanol–water partition coefficient (Wildman–Crippen LogP) is 3.91. The minimum absolute atomic E-state index is 0.0147. The summed E-state index contributed by atoms with van der Waals surface area (Å²) >= 11 is 5.78. The molecule has 0 fully saturated rings. The van der Waals surface area contributed by atoms with Gasteiger partial charge in [0.05, 0.1) is 16.3 Å². The first kappa shape index (κ1) is 16.4. The van der Waals surface area contributed by atoms with E-state index in [1.165, 1.54) is 42.5 Å². The van der Waals surface area contributed by atoms with Crippen molar-refractivity contribution in [3.05, 3.63) is 82.8 Å². The third kappa shape index (κ3) is 3.37. The van der Waals surface area contributed by atoms with Crippen molar-refractivity contribution in [3.8, 4) is 0 Å². The number of nitrogens with zero attached hydrogens (tertiary/aromatic N) is 1. The molecule has 2 aromatic rings. The van der Waals surface area contributed by atoms with E-state index < -0.39 is 15.6 Å². The Labute approximate surface area is 144 Å². The maximum Gasteiger partial charge on any atom is 0.210 e. The molecule has 2 aromatic carbocycles. The smallest absolute Gasteiger partial charge is 0.210 e. The predicted molar refractivity (Wildman–Crippen MR) is 94.4 cm³/mol. The number of carbonyl (C=O) groups excluding carboxylic acids is 1. The van der Waals surface area contributed by atoms with E-state index in [4.69, 9.17) is 11.6 Å². The van der Waals surface area contributed by atoms with Crippen LogP contribution < -0.4 is 0 Å². The third-order valence-corrected chi connectivity index (χ3v) is 5.40. The zero-order valence-electron chi connectivity index (χ0n) is 12.4. The lowest BCUT2D eigenvalue weighted by atomic mass is 10.1. The molecule has 0 heterocycles. The van der Waals surface area contributed by atoms with Crippen molar-refractivity contribution in [2.45, 2.75) is 4.90 Å². The van der Waals surface area contributed by atoms with Crippen LogP contribution in [0.3, 0.4) is 0 Å². The molecule has 0 saturated carbocycles. The van der Waals surface area contributed by atoms with Gasteiger partial charge in [-0.3, -0.25) is 4.79 Å². The minimum Gasteiger partial charge on any atom is -0.288 e. The highest BCUT2D eigenvalue weighted by Gasteiger charge is 2.27. The fourth-order valence-corrected chi connectivity index (χ4v) is 3.65. The van der Waals surface area contributed by atoms with E-state index in [-0.39, 0.29) is 9.80 Å². The van der Waals surface area contributed by atoms with Crippen molar-refractivity contribution in [2.24, 2.45) is 4.99 Å². The maximum absolute atomic E-state index is 12.7. The van der Waals surface area contributed by atoms with Gasteiger partial charge < -0.3 is 0 Å². The van der Waals surface area contributed by atoms with Crippen molar-refractivity contribution in [3.63, 3.8) is 0 Å². The van der Waals surface area contributed by atoms with Crippen LogP contribution in [0.15, 0.2) is 87.6 Å². The van der Waals surface area contributed by atoms with E-state index in [0.29, 0.717) is 16.4 Å². The first-order valence-electron chi connectivity index (χ1n) is 7.05. The lowest BCUT2D eigenvalue weighted by Gasteiger charge is -2.10. The van der Waals surface area contributed by atoms with E-state index in [2.05, 4.69) is 4.99 Å². The van der Waals surface area contributed by atoms with Crippen molar-refractivity contribution in [1.29, 1.82) is 0 Å². The number of halogens is 1. The molecule has 0 unspecified atom stereocenters. The highest BCUT2D eigenvalue weighted by Crippen LogP contribution is 2.24. The lowest BCUT2D eigenvalue weighted by molar-refractivity contribution is -0.110. The molecule has 6 heteroatoms. The van der Waals surface area contributed by atoms with E-state index in [0.717, 1.165) is 0 Å². The summed E-state index contributed by atoms with van der Waals surface area (Å²) in [6.07, 6.45) is 4.00. The molecular formula is C18H12ClNO3S. The third-order valence-electron chi connectivity index (χ3n) is 3.36. The van der Waals surface area contributed by atoms with Crippen LogP contribution in [0.25, 0.3) is 0 Å². The molecular weight excluding hydrogens is 346 g/mol. The van der Waals surface area contributed by atoms with Gasteiger partial charge in [-0.05, 0) is 54.6 Å². The molecule has 0 atom stereocenters. The Hall–Kier alpha value is -2.50. The van der Waals surface area contributed by atoms with Gasteiger partial charge in [0.1, 0.15) is 4.91 Å². The summed E-state index contributed by atoms with van der Waals surface area (Å²) < 4.78 is 25.4. The summed E-state index contributed by atoms with van der Waals surface area (Å²) in [4.78, 5) is 16.1. The van der Waals surface area contributed by atoms with Crippen LogP contribution in [0.5, 0.6) is 0 Å². The second-order valence-electron chi connectivity index (χ2n) is 5.04.